The van der Waals surface area contributed by atoms with Crippen molar-refractivity contribution in [1.29, 1.82) is 0 Å². The average molecular weight is 1030 g/mol. The van der Waals surface area contributed by atoms with E-state index >= 15 is 0 Å². The van der Waals surface area contributed by atoms with E-state index in [9.17, 15) is 24.0 Å². The number of hydroxylamine groups is 2. The van der Waals surface area contributed by atoms with Gasteiger partial charge in [0.1, 0.15) is 18.9 Å². The molecule has 2 aliphatic rings. The van der Waals surface area contributed by atoms with Crippen molar-refractivity contribution in [2.24, 2.45) is 10.7 Å². The van der Waals surface area contributed by atoms with E-state index in [0.29, 0.717) is 173 Å². The maximum Gasteiger partial charge on any atom is 0.273 e. The highest BCUT2D eigenvalue weighted by molar-refractivity contribution is 6.14. The van der Waals surface area contributed by atoms with E-state index < -0.39 is 17.7 Å². The van der Waals surface area contributed by atoms with Gasteiger partial charge in [-0.25, -0.2) is 10.1 Å². The summed E-state index contributed by atoms with van der Waals surface area (Å²) in [6, 6.07) is 3.59. The number of rotatable bonds is 43. The average Bonchev–Trinajstić information content (AvgIpc) is 3.92. The lowest BCUT2D eigenvalue weighted by Gasteiger charge is -2.21. The zero-order chi connectivity index (χ0) is 52.1. The van der Waals surface area contributed by atoms with Gasteiger partial charge in [-0.3, -0.25) is 43.4 Å². The van der Waals surface area contributed by atoms with Crippen LogP contribution in [0.25, 0.3) is 17.3 Å². The Kier molecular flexibility index (Phi) is 30.6. The second-order valence-electron chi connectivity index (χ2n) is 15.7. The van der Waals surface area contributed by atoms with Crippen LogP contribution in [0.3, 0.4) is 0 Å². The first-order chi connectivity index (χ1) is 35.7. The van der Waals surface area contributed by atoms with Crippen molar-refractivity contribution in [3.8, 4) is 11.3 Å². The van der Waals surface area contributed by atoms with Gasteiger partial charge < -0.3 is 63.7 Å². The normalized spacial score (nSPS) is 13.3. The molecule has 0 bridgehead atoms. The number of aliphatic imine (C=N–C) groups is 1. The van der Waals surface area contributed by atoms with E-state index in [2.05, 4.69) is 25.7 Å². The molecule has 0 aliphatic carbocycles. The standard InChI is InChI=1S/C48H73N9O16/c1-3-10-57(73-4-2)48(62)38-32-41-42(53-43(49)34-38)33-39(35-52-41)40-7-11-55(54-40)36-44(58)50-8-12-63-14-16-65-18-20-67-22-24-69-26-28-71-30-31-72-29-27-70-25-23-68-21-19-66-17-15-64-13-9-51-45(59)37-56-46(60)5-6-47(56)61/h5-7,11,32-33,35H,3-4,8-10,12-31,34,36-37H2,1-2H3,(H2,49,53)(H,50,58)(H,51,59). The first-order valence-corrected chi connectivity index (χ1v) is 24.5. The van der Waals surface area contributed by atoms with Crippen LogP contribution >= 0.6 is 0 Å². The van der Waals surface area contributed by atoms with Crippen molar-refractivity contribution in [2.75, 3.05) is 165 Å². The number of aromatic nitrogens is 3. The molecule has 406 valence electrons. The van der Waals surface area contributed by atoms with Crippen LogP contribution in [0.5, 0.6) is 0 Å². The Labute approximate surface area is 425 Å². The predicted molar refractivity (Wildman–Crippen MR) is 263 cm³/mol. The van der Waals surface area contributed by atoms with Gasteiger partial charge in [0.2, 0.25) is 11.8 Å². The molecule has 2 aliphatic heterocycles. The predicted octanol–water partition coefficient (Wildman–Crippen LogP) is 0.234. The molecule has 0 unspecified atom stereocenters. The second kappa shape index (κ2) is 37.2. The molecular weight excluding hydrogens is 959 g/mol. The SMILES string of the molecule is CCCN(OCC)C(=O)C1=Cc2ncc(-c3ccn(CC(=O)NCCOCCOCCOCCOCCOCCOCCOCCOCCOCCOCCNC(=O)CN4C(=O)C=CC4=O)n3)cc2N=C(N)C1. The molecule has 0 atom stereocenters. The van der Waals surface area contributed by atoms with Gasteiger partial charge in [0.05, 0.1) is 156 Å². The topological polar surface area (TPSA) is 287 Å². The van der Waals surface area contributed by atoms with Crippen molar-refractivity contribution in [3.63, 3.8) is 0 Å². The Balaban J connectivity index is 0.845. The van der Waals surface area contributed by atoms with Gasteiger partial charge in [-0.05, 0) is 31.6 Å². The molecular formula is C48H73N9O16. The molecule has 0 radical (unpaired) electrons. The molecule has 25 nitrogen and oxygen atoms in total. The van der Waals surface area contributed by atoms with E-state index in [4.69, 9.17) is 57.9 Å². The number of nitrogens with one attached hydrogen (secondary N) is 2. The van der Waals surface area contributed by atoms with Crippen LogP contribution in [0, 0.1) is 0 Å². The summed E-state index contributed by atoms with van der Waals surface area (Å²) in [5, 5.41) is 11.3. The lowest BCUT2D eigenvalue weighted by Crippen LogP contribution is -2.41. The van der Waals surface area contributed by atoms with Gasteiger partial charge in [-0.2, -0.15) is 5.10 Å². The Morgan fingerprint density at radius 1 is 0.658 bits per heavy atom. The number of amidine groups is 1. The molecule has 4 N–H and O–H groups in total. The lowest BCUT2D eigenvalue weighted by atomic mass is 10.1. The molecule has 2 aromatic rings. The molecule has 4 rings (SSSR count). The number of nitrogens with two attached hydrogens (primary N) is 1. The smallest absolute Gasteiger partial charge is 0.273 e. The zero-order valence-electron chi connectivity index (χ0n) is 42.1. The highest BCUT2D eigenvalue weighted by Gasteiger charge is 2.26. The first-order valence-electron chi connectivity index (χ1n) is 24.5. The number of ether oxygens (including phenoxy) is 10. The third kappa shape index (κ3) is 25.3. The molecule has 25 heteroatoms. The molecule has 73 heavy (non-hydrogen) atoms. The molecule has 4 heterocycles. The quantitative estimate of drug-likeness (QED) is 0.0455. The fourth-order valence-electron chi connectivity index (χ4n) is 6.49. The number of pyridine rings is 1. The van der Waals surface area contributed by atoms with Crippen molar-refractivity contribution in [2.45, 2.75) is 33.2 Å². The maximum atomic E-state index is 13.2. The van der Waals surface area contributed by atoms with Crippen LogP contribution in [-0.4, -0.2) is 225 Å². The lowest BCUT2D eigenvalue weighted by molar-refractivity contribution is -0.180. The number of amides is 5. The van der Waals surface area contributed by atoms with Gasteiger partial charge in [-0.1, -0.05) is 6.92 Å². The fraction of sp³-hybridized carbons (Fsp3) is 0.625. The van der Waals surface area contributed by atoms with Crippen LogP contribution in [-0.2, 0) is 82.7 Å². The summed E-state index contributed by atoms with van der Waals surface area (Å²) < 4.78 is 56.4. The Hall–Kier alpha value is -5.58. The molecule has 0 aromatic carbocycles. The van der Waals surface area contributed by atoms with Gasteiger partial charge in [0.15, 0.2) is 0 Å². The van der Waals surface area contributed by atoms with Crippen LogP contribution in [0.4, 0.5) is 5.69 Å². The third-order valence-corrected chi connectivity index (χ3v) is 9.99. The molecule has 0 fully saturated rings. The Morgan fingerprint density at radius 3 is 1.56 bits per heavy atom. The van der Waals surface area contributed by atoms with Crippen molar-refractivity contribution in [1.82, 2.24) is 35.4 Å². The summed E-state index contributed by atoms with van der Waals surface area (Å²) in [7, 11) is 0. The highest BCUT2D eigenvalue weighted by Crippen LogP contribution is 2.30. The molecule has 0 saturated carbocycles. The van der Waals surface area contributed by atoms with Crippen LogP contribution in [0.2, 0.25) is 0 Å². The highest BCUT2D eigenvalue weighted by atomic mass is 16.7. The summed E-state index contributed by atoms with van der Waals surface area (Å²) >= 11 is 0. The second-order valence-corrected chi connectivity index (χ2v) is 15.7. The minimum Gasteiger partial charge on any atom is -0.387 e. The number of imide groups is 1. The summed E-state index contributed by atoms with van der Waals surface area (Å²) in [5.74, 6) is -1.64. The van der Waals surface area contributed by atoms with Gasteiger partial charge in [0, 0.05) is 61.7 Å². The summed E-state index contributed by atoms with van der Waals surface area (Å²) in [5.41, 5.74) is 8.95. The number of nitrogens with zero attached hydrogens (tertiary/aromatic N) is 6. The van der Waals surface area contributed by atoms with Gasteiger partial charge in [0.25, 0.3) is 17.7 Å². The zero-order valence-corrected chi connectivity index (χ0v) is 42.1. The number of fused-ring (bicyclic) bond motifs is 1. The van der Waals surface area contributed by atoms with Gasteiger partial charge in [-0.15, -0.1) is 0 Å². The third-order valence-electron chi connectivity index (χ3n) is 9.99. The summed E-state index contributed by atoms with van der Waals surface area (Å²) in [4.78, 5) is 75.9. The van der Waals surface area contributed by atoms with Crippen LogP contribution in [0.15, 0.2) is 47.2 Å². The maximum absolute atomic E-state index is 13.2. The first kappa shape index (κ1) is 60.0. The largest absolute Gasteiger partial charge is 0.387 e. The number of hydrogen-bond acceptors (Lipinski definition) is 20. The monoisotopic (exact) mass is 1030 g/mol. The Morgan fingerprint density at radius 2 is 1.11 bits per heavy atom. The molecule has 2 aromatic heterocycles. The van der Waals surface area contributed by atoms with Crippen molar-refractivity contribution >= 4 is 47.1 Å². The van der Waals surface area contributed by atoms with Crippen LogP contribution < -0.4 is 16.4 Å². The minimum atomic E-state index is -0.499. The molecule has 5 amide bonds. The van der Waals surface area contributed by atoms with Gasteiger partial charge >= 0.3 is 0 Å². The van der Waals surface area contributed by atoms with E-state index in [0.717, 1.165) is 23.5 Å². The van der Waals surface area contributed by atoms with E-state index in [1.54, 1.807) is 30.6 Å². The van der Waals surface area contributed by atoms with Crippen molar-refractivity contribution < 1.29 is 76.2 Å². The number of carbonyl (C=O) groups is 5. The molecule has 0 spiro atoms. The van der Waals surface area contributed by atoms with Crippen molar-refractivity contribution in [3.05, 3.63) is 47.9 Å². The van der Waals surface area contributed by atoms with E-state index in [1.165, 1.54) is 9.75 Å². The van der Waals surface area contributed by atoms with E-state index in [1.807, 2.05) is 13.8 Å². The minimum absolute atomic E-state index is 0.0221. The fourth-order valence-corrected chi connectivity index (χ4v) is 6.49. The summed E-state index contributed by atoms with van der Waals surface area (Å²) in [6.45, 7) is 13.1. The van der Waals surface area contributed by atoms with E-state index in [-0.39, 0.29) is 50.3 Å². The van der Waals surface area contributed by atoms with Crippen LogP contribution in [0.1, 0.15) is 32.4 Å². The molecule has 0 saturated heterocycles. The number of hydrogen-bond donors (Lipinski definition) is 3. The summed E-state index contributed by atoms with van der Waals surface area (Å²) in [6.07, 6.45) is 8.22. The number of carbonyl (C=O) groups excluding carboxylic acids is 5. The Bertz CT molecular complexity index is 2030.